The van der Waals surface area contributed by atoms with Crippen LogP contribution in [0.5, 0.6) is 0 Å². The summed E-state index contributed by atoms with van der Waals surface area (Å²) in [6, 6.07) is 7.19. The van der Waals surface area contributed by atoms with Gasteiger partial charge in [-0.3, -0.25) is 4.79 Å². The number of hydrogen-bond donors (Lipinski definition) is 1. The van der Waals surface area contributed by atoms with E-state index in [1.165, 1.54) is 0 Å². The maximum absolute atomic E-state index is 12.1. The highest BCUT2D eigenvalue weighted by Gasteiger charge is 2.31. The van der Waals surface area contributed by atoms with Crippen LogP contribution >= 0.6 is 11.6 Å². The van der Waals surface area contributed by atoms with Crippen LogP contribution in [0.2, 0.25) is 5.02 Å². The van der Waals surface area contributed by atoms with Gasteiger partial charge in [0.05, 0.1) is 5.41 Å². The van der Waals surface area contributed by atoms with Crippen molar-refractivity contribution in [2.75, 3.05) is 6.54 Å². The van der Waals surface area contributed by atoms with Gasteiger partial charge in [0.1, 0.15) is 0 Å². The van der Waals surface area contributed by atoms with Gasteiger partial charge in [0, 0.05) is 11.6 Å². The molecule has 0 aliphatic heterocycles. The van der Waals surface area contributed by atoms with E-state index in [9.17, 15) is 4.79 Å². The number of amides is 1. The molecule has 0 aliphatic rings. The standard InChI is InChI=1S/C14H16ClNO/c1-4-10-16-13(17)14(3,5-2)11-6-8-12(15)9-7-11/h4-9H,1-2,10H2,3H3,(H,16,17). The van der Waals surface area contributed by atoms with Crippen molar-refractivity contribution in [3.8, 4) is 0 Å². The minimum absolute atomic E-state index is 0.102. The lowest BCUT2D eigenvalue weighted by atomic mass is 9.81. The average Bonchev–Trinajstić information content (AvgIpc) is 2.35. The molecule has 3 heteroatoms. The lowest BCUT2D eigenvalue weighted by Crippen LogP contribution is -2.40. The quantitative estimate of drug-likeness (QED) is 0.799. The topological polar surface area (TPSA) is 29.1 Å². The lowest BCUT2D eigenvalue weighted by Gasteiger charge is -2.25. The van der Waals surface area contributed by atoms with Crippen molar-refractivity contribution < 1.29 is 4.79 Å². The number of benzene rings is 1. The largest absolute Gasteiger partial charge is 0.352 e. The first kappa shape index (κ1) is 13.5. The molecule has 1 rings (SSSR count). The van der Waals surface area contributed by atoms with Gasteiger partial charge < -0.3 is 5.32 Å². The molecule has 1 aromatic rings. The first-order chi connectivity index (χ1) is 8.04. The summed E-state index contributed by atoms with van der Waals surface area (Å²) < 4.78 is 0. The molecule has 0 fully saturated rings. The summed E-state index contributed by atoms with van der Waals surface area (Å²) in [5.74, 6) is -0.102. The smallest absolute Gasteiger partial charge is 0.234 e. The molecule has 0 spiro atoms. The van der Waals surface area contributed by atoms with Crippen molar-refractivity contribution in [1.82, 2.24) is 5.32 Å². The molecular weight excluding hydrogens is 234 g/mol. The summed E-state index contributed by atoms with van der Waals surface area (Å²) in [7, 11) is 0. The average molecular weight is 250 g/mol. The number of rotatable bonds is 5. The van der Waals surface area contributed by atoms with E-state index in [1.807, 2.05) is 19.1 Å². The Kier molecular flexibility index (Phi) is 4.53. The highest BCUT2D eigenvalue weighted by Crippen LogP contribution is 2.26. The predicted octanol–water partition coefficient (Wildman–Crippen LogP) is 3.09. The Balaban J connectivity index is 3.02. The van der Waals surface area contributed by atoms with Crippen LogP contribution in [-0.2, 0) is 10.2 Å². The molecule has 17 heavy (non-hydrogen) atoms. The fourth-order valence-corrected chi connectivity index (χ4v) is 1.61. The summed E-state index contributed by atoms with van der Waals surface area (Å²) in [6.07, 6.45) is 3.28. The third kappa shape index (κ3) is 2.98. The number of halogens is 1. The molecule has 2 nitrogen and oxygen atoms in total. The molecule has 0 heterocycles. The van der Waals surface area contributed by atoms with Crippen LogP contribution in [0.25, 0.3) is 0 Å². The maximum atomic E-state index is 12.1. The Morgan fingerprint density at radius 1 is 1.41 bits per heavy atom. The van der Waals surface area contributed by atoms with Crippen molar-refractivity contribution in [3.63, 3.8) is 0 Å². The van der Waals surface area contributed by atoms with E-state index in [0.29, 0.717) is 11.6 Å². The maximum Gasteiger partial charge on any atom is 0.234 e. The van der Waals surface area contributed by atoms with Crippen molar-refractivity contribution in [3.05, 3.63) is 60.2 Å². The highest BCUT2D eigenvalue weighted by atomic mass is 35.5. The van der Waals surface area contributed by atoms with Gasteiger partial charge in [0.15, 0.2) is 0 Å². The SMILES string of the molecule is C=CCNC(=O)C(C)(C=C)c1ccc(Cl)cc1. The summed E-state index contributed by atoms with van der Waals surface area (Å²) in [6.45, 7) is 9.57. The third-order valence-electron chi connectivity index (χ3n) is 2.73. The predicted molar refractivity (Wildman–Crippen MR) is 72.2 cm³/mol. The summed E-state index contributed by atoms with van der Waals surface area (Å²) >= 11 is 5.83. The molecule has 0 aromatic heterocycles. The van der Waals surface area contributed by atoms with Gasteiger partial charge in [-0.2, -0.15) is 0 Å². The highest BCUT2D eigenvalue weighted by molar-refractivity contribution is 6.30. The molecule has 1 N–H and O–H groups in total. The number of carbonyl (C=O) groups excluding carboxylic acids is 1. The van der Waals surface area contributed by atoms with Gasteiger partial charge >= 0.3 is 0 Å². The Morgan fingerprint density at radius 3 is 2.47 bits per heavy atom. The monoisotopic (exact) mass is 249 g/mol. The van der Waals surface area contributed by atoms with Gasteiger partial charge in [0.2, 0.25) is 5.91 Å². The van der Waals surface area contributed by atoms with Crippen LogP contribution in [0.3, 0.4) is 0 Å². The van der Waals surface area contributed by atoms with Gasteiger partial charge in [-0.05, 0) is 24.6 Å². The second-order valence-electron chi connectivity index (χ2n) is 3.91. The number of hydrogen-bond acceptors (Lipinski definition) is 1. The minimum atomic E-state index is -0.756. The van der Waals surface area contributed by atoms with Gasteiger partial charge in [-0.15, -0.1) is 13.2 Å². The summed E-state index contributed by atoms with van der Waals surface area (Å²) in [4.78, 5) is 12.1. The molecule has 1 atom stereocenters. The molecule has 0 radical (unpaired) electrons. The van der Waals surface area contributed by atoms with E-state index in [0.717, 1.165) is 5.56 Å². The van der Waals surface area contributed by atoms with E-state index in [2.05, 4.69) is 18.5 Å². The molecule has 0 bridgehead atoms. The normalized spacial score (nSPS) is 13.5. The van der Waals surface area contributed by atoms with E-state index < -0.39 is 5.41 Å². The number of nitrogens with one attached hydrogen (secondary N) is 1. The Bertz CT molecular complexity index is 424. The zero-order valence-electron chi connectivity index (χ0n) is 9.87. The van der Waals surface area contributed by atoms with Gasteiger partial charge in [-0.25, -0.2) is 0 Å². The Morgan fingerprint density at radius 2 is 2.00 bits per heavy atom. The summed E-state index contributed by atoms with van der Waals surface area (Å²) in [5.41, 5.74) is 0.103. The molecule has 0 saturated heterocycles. The Labute approximate surface area is 107 Å². The third-order valence-corrected chi connectivity index (χ3v) is 2.98. The first-order valence-corrected chi connectivity index (χ1v) is 5.71. The Hall–Kier alpha value is -1.54. The molecule has 0 saturated carbocycles. The molecule has 1 amide bonds. The lowest BCUT2D eigenvalue weighted by molar-refractivity contribution is -0.124. The zero-order valence-corrected chi connectivity index (χ0v) is 10.6. The molecule has 1 unspecified atom stereocenters. The zero-order chi connectivity index (χ0) is 12.9. The van der Waals surface area contributed by atoms with Crippen LogP contribution in [-0.4, -0.2) is 12.5 Å². The molecule has 1 aromatic carbocycles. The number of carbonyl (C=O) groups is 1. The van der Waals surface area contributed by atoms with Gasteiger partial charge in [-0.1, -0.05) is 35.9 Å². The first-order valence-electron chi connectivity index (χ1n) is 5.33. The fourth-order valence-electron chi connectivity index (χ4n) is 1.49. The van der Waals surface area contributed by atoms with Crippen LogP contribution in [0.15, 0.2) is 49.6 Å². The minimum Gasteiger partial charge on any atom is -0.352 e. The van der Waals surface area contributed by atoms with Crippen LogP contribution in [0, 0.1) is 0 Å². The van der Waals surface area contributed by atoms with Crippen molar-refractivity contribution in [2.45, 2.75) is 12.3 Å². The molecular formula is C14H16ClNO. The second kappa shape index (κ2) is 5.69. The fraction of sp³-hybridized carbons (Fsp3) is 0.214. The summed E-state index contributed by atoms with van der Waals surface area (Å²) in [5, 5.41) is 3.42. The second-order valence-corrected chi connectivity index (χ2v) is 4.35. The van der Waals surface area contributed by atoms with Crippen LogP contribution in [0.4, 0.5) is 0 Å². The molecule has 90 valence electrons. The van der Waals surface area contributed by atoms with Crippen LogP contribution < -0.4 is 5.32 Å². The van der Waals surface area contributed by atoms with Crippen LogP contribution in [0.1, 0.15) is 12.5 Å². The van der Waals surface area contributed by atoms with E-state index in [-0.39, 0.29) is 5.91 Å². The molecule has 0 aliphatic carbocycles. The van der Waals surface area contributed by atoms with E-state index in [4.69, 9.17) is 11.6 Å². The van der Waals surface area contributed by atoms with Crippen molar-refractivity contribution >= 4 is 17.5 Å². The van der Waals surface area contributed by atoms with Crippen molar-refractivity contribution in [2.24, 2.45) is 0 Å². The van der Waals surface area contributed by atoms with Gasteiger partial charge in [0.25, 0.3) is 0 Å². The van der Waals surface area contributed by atoms with E-state index in [1.54, 1.807) is 24.3 Å². The van der Waals surface area contributed by atoms with E-state index >= 15 is 0 Å². The van der Waals surface area contributed by atoms with Crippen molar-refractivity contribution in [1.29, 1.82) is 0 Å².